The molecule has 1 aliphatic heterocycles. The van der Waals surface area contributed by atoms with Crippen molar-refractivity contribution in [2.75, 3.05) is 12.3 Å². The normalized spacial score (nSPS) is 19.7. The van der Waals surface area contributed by atoms with Crippen molar-refractivity contribution in [3.05, 3.63) is 48.0 Å². The molecule has 1 aliphatic rings. The fourth-order valence-corrected chi connectivity index (χ4v) is 3.73. The summed E-state index contributed by atoms with van der Waals surface area (Å²) in [4.78, 5) is 11.4. The molecule has 5 nitrogen and oxygen atoms in total. The molecule has 1 aromatic rings. The van der Waals surface area contributed by atoms with E-state index in [4.69, 9.17) is 0 Å². The predicted octanol–water partition coefficient (Wildman–Crippen LogP) is 1.19. The summed E-state index contributed by atoms with van der Waals surface area (Å²) in [7, 11) is -3.64. The van der Waals surface area contributed by atoms with Crippen molar-refractivity contribution in [2.24, 2.45) is 0 Å². The van der Waals surface area contributed by atoms with Crippen LogP contribution in [0.5, 0.6) is 0 Å². The summed E-state index contributed by atoms with van der Waals surface area (Å²) in [5.41, 5.74) is 1.44. The molecule has 1 heterocycles. The van der Waals surface area contributed by atoms with Gasteiger partial charge in [0.2, 0.25) is 10.0 Å². The zero-order chi connectivity index (χ0) is 14.0. The van der Waals surface area contributed by atoms with Crippen LogP contribution < -0.4 is 0 Å². The van der Waals surface area contributed by atoms with Gasteiger partial charge in [0.1, 0.15) is 6.04 Å². The van der Waals surface area contributed by atoms with Crippen molar-refractivity contribution in [1.29, 1.82) is 0 Å². The van der Waals surface area contributed by atoms with E-state index in [1.165, 1.54) is 6.08 Å². The van der Waals surface area contributed by atoms with Crippen LogP contribution in [0, 0.1) is 0 Å². The molecule has 1 aromatic carbocycles. The van der Waals surface area contributed by atoms with Gasteiger partial charge in [0.05, 0.1) is 5.75 Å². The lowest BCUT2D eigenvalue weighted by molar-refractivity contribution is -0.142. The van der Waals surface area contributed by atoms with Gasteiger partial charge in [-0.25, -0.2) is 8.42 Å². The second-order valence-corrected chi connectivity index (χ2v) is 6.33. The van der Waals surface area contributed by atoms with Crippen LogP contribution >= 0.6 is 0 Å². The molecule has 0 amide bonds. The van der Waals surface area contributed by atoms with Crippen molar-refractivity contribution in [2.45, 2.75) is 12.5 Å². The summed E-state index contributed by atoms with van der Waals surface area (Å²) in [6, 6.07) is 5.91. The number of benzene rings is 1. The SMILES string of the molecule is C=CCS(=O)(=O)N1CCc2ccccc2C1C(=O)O. The molecule has 1 N–H and O–H groups in total. The molecule has 1 unspecified atom stereocenters. The molecular weight excluding hydrogens is 266 g/mol. The van der Waals surface area contributed by atoms with Crippen LogP contribution in [0.3, 0.4) is 0 Å². The zero-order valence-electron chi connectivity index (χ0n) is 10.3. The van der Waals surface area contributed by atoms with E-state index in [1.54, 1.807) is 12.1 Å². The fraction of sp³-hybridized carbons (Fsp3) is 0.308. The number of rotatable bonds is 4. The molecule has 0 aliphatic carbocycles. The van der Waals surface area contributed by atoms with Crippen LogP contribution in [0.2, 0.25) is 0 Å². The van der Waals surface area contributed by atoms with Gasteiger partial charge in [0, 0.05) is 6.54 Å². The van der Waals surface area contributed by atoms with E-state index in [0.29, 0.717) is 12.0 Å². The molecule has 0 radical (unpaired) electrons. The number of aliphatic carboxylic acids is 1. The van der Waals surface area contributed by atoms with Crippen LogP contribution in [0.4, 0.5) is 0 Å². The molecule has 6 heteroatoms. The number of carbonyl (C=O) groups is 1. The van der Waals surface area contributed by atoms with Gasteiger partial charge in [-0.1, -0.05) is 30.3 Å². The molecule has 0 bridgehead atoms. The van der Waals surface area contributed by atoms with E-state index in [0.717, 1.165) is 9.87 Å². The Balaban J connectivity index is 2.49. The maximum absolute atomic E-state index is 12.1. The van der Waals surface area contributed by atoms with Crippen LogP contribution in [0.25, 0.3) is 0 Å². The first kappa shape index (κ1) is 13.8. The Morgan fingerprint density at radius 3 is 2.79 bits per heavy atom. The Hall–Kier alpha value is -1.66. The Labute approximate surface area is 112 Å². The van der Waals surface area contributed by atoms with E-state index in [9.17, 15) is 18.3 Å². The third-order valence-electron chi connectivity index (χ3n) is 3.16. The number of carboxylic acid groups (broad SMARTS) is 1. The van der Waals surface area contributed by atoms with Gasteiger partial charge in [0.25, 0.3) is 0 Å². The van der Waals surface area contributed by atoms with Crippen molar-refractivity contribution in [3.8, 4) is 0 Å². The number of nitrogens with zero attached hydrogens (tertiary/aromatic N) is 1. The lowest BCUT2D eigenvalue weighted by Gasteiger charge is -2.33. The van der Waals surface area contributed by atoms with Gasteiger partial charge in [0.15, 0.2) is 0 Å². The monoisotopic (exact) mass is 281 g/mol. The van der Waals surface area contributed by atoms with E-state index < -0.39 is 22.0 Å². The molecule has 102 valence electrons. The Morgan fingerprint density at radius 1 is 1.47 bits per heavy atom. The molecule has 2 rings (SSSR count). The molecule has 0 fully saturated rings. The van der Waals surface area contributed by atoms with Gasteiger partial charge in [-0.3, -0.25) is 4.79 Å². The maximum atomic E-state index is 12.1. The number of hydrogen-bond acceptors (Lipinski definition) is 3. The standard InChI is InChI=1S/C13H15NO4S/c1-2-9-19(17,18)14-8-7-10-5-3-4-6-11(10)12(14)13(15)16/h2-6,12H,1,7-9H2,(H,15,16). The van der Waals surface area contributed by atoms with Crippen LogP contribution in [0.1, 0.15) is 17.2 Å². The minimum atomic E-state index is -3.64. The molecular formula is C13H15NO4S. The first-order valence-electron chi connectivity index (χ1n) is 5.88. The topological polar surface area (TPSA) is 74.7 Å². The van der Waals surface area contributed by atoms with Crippen molar-refractivity contribution < 1.29 is 18.3 Å². The molecule has 1 atom stereocenters. The molecule has 0 saturated carbocycles. The van der Waals surface area contributed by atoms with Crippen molar-refractivity contribution in [3.63, 3.8) is 0 Å². The highest BCUT2D eigenvalue weighted by Crippen LogP contribution is 2.32. The first-order chi connectivity index (χ1) is 8.97. The average Bonchev–Trinajstić information content (AvgIpc) is 2.37. The second kappa shape index (κ2) is 5.14. The largest absolute Gasteiger partial charge is 0.480 e. The summed E-state index contributed by atoms with van der Waals surface area (Å²) in [5, 5.41) is 9.36. The maximum Gasteiger partial charge on any atom is 0.326 e. The van der Waals surface area contributed by atoms with E-state index in [-0.39, 0.29) is 12.3 Å². The Kier molecular flexibility index (Phi) is 3.73. The second-order valence-electron chi connectivity index (χ2n) is 4.37. The quantitative estimate of drug-likeness (QED) is 0.841. The molecule has 0 aromatic heterocycles. The Morgan fingerprint density at radius 2 is 2.16 bits per heavy atom. The van der Waals surface area contributed by atoms with Gasteiger partial charge in [-0.2, -0.15) is 4.31 Å². The van der Waals surface area contributed by atoms with E-state index >= 15 is 0 Å². The lowest BCUT2D eigenvalue weighted by atomic mass is 9.94. The smallest absolute Gasteiger partial charge is 0.326 e. The highest BCUT2D eigenvalue weighted by Gasteiger charge is 2.39. The minimum Gasteiger partial charge on any atom is -0.480 e. The average molecular weight is 281 g/mol. The number of fused-ring (bicyclic) bond motifs is 1. The molecule has 19 heavy (non-hydrogen) atoms. The summed E-state index contributed by atoms with van der Waals surface area (Å²) in [6.07, 6.45) is 1.80. The van der Waals surface area contributed by atoms with Crippen molar-refractivity contribution in [1.82, 2.24) is 4.31 Å². The fourth-order valence-electron chi connectivity index (χ4n) is 2.34. The van der Waals surface area contributed by atoms with Crippen LogP contribution in [-0.4, -0.2) is 36.1 Å². The number of hydrogen-bond donors (Lipinski definition) is 1. The van der Waals surface area contributed by atoms with Crippen LogP contribution in [-0.2, 0) is 21.2 Å². The first-order valence-corrected chi connectivity index (χ1v) is 7.49. The van der Waals surface area contributed by atoms with Crippen molar-refractivity contribution >= 4 is 16.0 Å². The third kappa shape index (κ3) is 2.54. The number of carboxylic acids is 1. The van der Waals surface area contributed by atoms with E-state index in [2.05, 4.69) is 6.58 Å². The van der Waals surface area contributed by atoms with Gasteiger partial charge >= 0.3 is 5.97 Å². The lowest BCUT2D eigenvalue weighted by Crippen LogP contribution is -2.44. The summed E-state index contributed by atoms with van der Waals surface area (Å²) >= 11 is 0. The van der Waals surface area contributed by atoms with Crippen LogP contribution in [0.15, 0.2) is 36.9 Å². The van der Waals surface area contributed by atoms with Gasteiger partial charge in [-0.15, -0.1) is 6.58 Å². The molecule has 0 spiro atoms. The summed E-state index contributed by atoms with van der Waals surface area (Å²) in [5.74, 6) is -1.40. The molecule has 0 saturated heterocycles. The summed E-state index contributed by atoms with van der Waals surface area (Å²) < 4.78 is 25.3. The van der Waals surface area contributed by atoms with Gasteiger partial charge in [-0.05, 0) is 17.5 Å². The Bertz CT molecular complexity index is 609. The summed E-state index contributed by atoms with van der Waals surface area (Å²) in [6.45, 7) is 3.59. The predicted molar refractivity (Wildman–Crippen MR) is 71.2 cm³/mol. The highest BCUT2D eigenvalue weighted by atomic mass is 32.2. The van der Waals surface area contributed by atoms with Gasteiger partial charge < -0.3 is 5.11 Å². The minimum absolute atomic E-state index is 0.185. The zero-order valence-corrected chi connectivity index (χ0v) is 11.1. The number of sulfonamides is 1. The van der Waals surface area contributed by atoms with E-state index in [1.807, 2.05) is 12.1 Å². The highest BCUT2D eigenvalue weighted by molar-refractivity contribution is 7.89. The third-order valence-corrected chi connectivity index (χ3v) is 4.92.